The van der Waals surface area contributed by atoms with E-state index in [1.807, 2.05) is 24.3 Å². The summed E-state index contributed by atoms with van der Waals surface area (Å²) in [5.74, 6) is 0.887. The summed E-state index contributed by atoms with van der Waals surface area (Å²) >= 11 is 0. The van der Waals surface area contributed by atoms with Gasteiger partial charge in [-0.2, -0.15) is 0 Å². The first-order chi connectivity index (χ1) is 10.2. The van der Waals surface area contributed by atoms with Crippen molar-refractivity contribution >= 4 is 0 Å². The zero-order chi connectivity index (χ0) is 15.1. The minimum Gasteiger partial charge on any atom is -0.494 e. The SMILES string of the molecule is CCCCN(CC(O)c1ccc(OCCC)cc1)C1CC1. The van der Waals surface area contributed by atoms with Crippen molar-refractivity contribution in [2.45, 2.75) is 58.1 Å². The van der Waals surface area contributed by atoms with Crippen molar-refractivity contribution in [3.8, 4) is 5.75 Å². The Labute approximate surface area is 128 Å². The molecule has 3 heteroatoms. The smallest absolute Gasteiger partial charge is 0.119 e. The molecule has 0 radical (unpaired) electrons. The van der Waals surface area contributed by atoms with Crippen molar-refractivity contribution in [3.63, 3.8) is 0 Å². The van der Waals surface area contributed by atoms with Gasteiger partial charge in [-0.25, -0.2) is 0 Å². The number of aliphatic hydroxyl groups is 1. The highest BCUT2D eigenvalue weighted by Gasteiger charge is 2.29. The van der Waals surface area contributed by atoms with Crippen LogP contribution >= 0.6 is 0 Å². The van der Waals surface area contributed by atoms with Crippen LogP contribution in [0.5, 0.6) is 5.75 Å². The van der Waals surface area contributed by atoms with Gasteiger partial charge in [0.25, 0.3) is 0 Å². The molecule has 1 aromatic carbocycles. The van der Waals surface area contributed by atoms with Crippen LogP contribution in [0, 0.1) is 0 Å². The molecule has 1 aliphatic carbocycles. The molecule has 0 heterocycles. The van der Waals surface area contributed by atoms with Crippen LogP contribution in [-0.4, -0.2) is 35.7 Å². The monoisotopic (exact) mass is 291 g/mol. The summed E-state index contributed by atoms with van der Waals surface area (Å²) in [6.45, 7) is 6.92. The van der Waals surface area contributed by atoms with E-state index in [1.165, 1.54) is 25.7 Å². The van der Waals surface area contributed by atoms with Gasteiger partial charge in [0.05, 0.1) is 12.7 Å². The number of benzene rings is 1. The highest BCUT2D eigenvalue weighted by Crippen LogP contribution is 2.29. The minimum absolute atomic E-state index is 0.400. The molecule has 1 fully saturated rings. The zero-order valence-electron chi connectivity index (χ0n) is 13.4. The van der Waals surface area contributed by atoms with Crippen LogP contribution in [0.2, 0.25) is 0 Å². The molecule has 1 aromatic rings. The largest absolute Gasteiger partial charge is 0.494 e. The van der Waals surface area contributed by atoms with E-state index in [4.69, 9.17) is 4.74 Å². The van der Waals surface area contributed by atoms with Crippen LogP contribution in [-0.2, 0) is 0 Å². The van der Waals surface area contributed by atoms with Gasteiger partial charge in [-0.1, -0.05) is 32.4 Å². The Kier molecular flexibility index (Phi) is 6.52. The van der Waals surface area contributed by atoms with E-state index in [9.17, 15) is 5.11 Å². The number of unbranched alkanes of at least 4 members (excludes halogenated alkanes) is 1. The van der Waals surface area contributed by atoms with Gasteiger partial charge in [0.15, 0.2) is 0 Å². The molecule has 1 atom stereocenters. The fraction of sp³-hybridized carbons (Fsp3) is 0.667. The van der Waals surface area contributed by atoms with Gasteiger partial charge in [0, 0.05) is 12.6 Å². The number of nitrogens with zero attached hydrogens (tertiary/aromatic N) is 1. The lowest BCUT2D eigenvalue weighted by Crippen LogP contribution is -2.31. The zero-order valence-corrected chi connectivity index (χ0v) is 13.4. The first kappa shape index (κ1) is 16.3. The molecule has 0 amide bonds. The van der Waals surface area contributed by atoms with Crippen molar-refractivity contribution in [1.82, 2.24) is 4.90 Å². The average molecular weight is 291 g/mol. The van der Waals surface area contributed by atoms with Crippen LogP contribution in [0.4, 0.5) is 0 Å². The maximum Gasteiger partial charge on any atom is 0.119 e. The summed E-state index contributed by atoms with van der Waals surface area (Å²) in [7, 11) is 0. The van der Waals surface area contributed by atoms with Gasteiger partial charge in [-0.3, -0.25) is 4.90 Å². The highest BCUT2D eigenvalue weighted by atomic mass is 16.5. The topological polar surface area (TPSA) is 32.7 Å². The van der Waals surface area contributed by atoms with E-state index < -0.39 is 6.10 Å². The fourth-order valence-corrected chi connectivity index (χ4v) is 2.56. The second-order valence-electron chi connectivity index (χ2n) is 6.01. The second kappa shape index (κ2) is 8.40. The third-order valence-corrected chi connectivity index (χ3v) is 4.01. The predicted octanol–water partition coefficient (Wildman–Crippen LogP) is 3.77. The Hall–Kier alpha value is -1.06. The molecule has 1 N–H and O–H groups in total. The van der Waals surface area contributed by atoms with E-state index in [2.05, 4.69) is 18.7 Å². The molecule has 1 unspecified atom stereocenters. The maximum absolute atomic E-state index is 10.5. The number of aliphatic hydroxyl groups excluding tert-OH is 1. The molecule has 3 nitrogen and oxygen atoms in total. The first-order valence-corrected chi connectivity index (χ1v) is 8.39. The lowest BCUT2D eigenvalue weighted by atomic mass is 10.1. The Balaban J connectivity index is 1.87. The summed E-state index contributed by atoms with van der Waals surface area (Å²) in [6.07, 6.45) is 5.62. The van der Waals surface area contributed by atoms with Gasteiger partial charge >= 0.3 is 0 Å². The molecule has 0 saturated heterocycles. The standard InChI is InChI=1S/C18H29NO2/c1-3-5-12-19(16-8-9-16)14-18(20)15-6-10-17(11-7-15)21-13-4-2/h6-7,10-11,16,18,20H,3-5,8-9,12-14H2,1-2H3. The predicted molar refractivity (Wildman–Crippen MR) is 86.7 cm³/mol. The number of hydrogen-bond acceptors (Lipinski definition) is 3. The molecule has 1 saturated carbocycles. The van der Waals surface area contributed by atoms with Gasteiger partial charge in [0.1, 0.15) is 5.75 Å². The lowest BCUT2D eigenvalue weighted by Gasteiger charge is -2.25. The lowest BCUT2D eigenvalue weighted by molar-refractivity contribution is 0.107. The summed E-state index contributed by atoms with van der Waals surface area (Å²) in [5.41, 5.74) is 0.987. The molecule has 0 bridgehead atoms. The van der Waals surface area contributed by atoms with Crippen LogP contribution in [0.3, 0.4) is 0 Å². The van der Waals surface area contributed by atoms with Crippen molar-refractivity contribution in [2.24, 2.45) is 0 Å². The van der Waals surface area contributed by atoms with Crippen LogP contribution in [0.15, 0.2) is 24.3 Å². The number of hydrogen-bond donors (Lipinski definition) is 1. The van der Waals surface area contributed by atoms with Gasteiger partial charge in [-0.05, 0) is 49.9 Å². The minimum atomic E-state index is -0.400. The third-order valence-electron chi connectivity index (χ3n) is 4.01. The van der Waals surface area contributed by atoms with E-state index in [0.29, 0.717) is 6.04 Å². The van der Waals surface area contributed by atoms with Crippen LogP contribution in [0.1, 0.15) is 57.6 Å². The fourth-order valence-electron chi connectivity index (χ4n) is 2.56. The molecule has 0 spiro atoms. The summed E-state index contributed by atoms with van der Waals surface area (Å²) in [5, 5.41) is 10.5. The van der Waals surface area contributed by atoms with Gasteiger partial charge in [0.2, 0.25) is 0 Å². The molecule has 118 valence electrons. The Morgan fingerprint density at radius 3 is 2.48 bits per heavy atom. The van der Waals surface area contributed by atoms with Crippen LogP contribution in [0.25, 0.3) is 0 Å². The number of ether oxygens (including phenoxy) is 1. The molecule has 0 aliphatic heterocycles. The molecular formula is C18H29NO2. The van der Waals surface area contributed by atoms with E-state index in [-0.39, 0.29) is 0 Å². The molecule has 0 aromatic heterocycles. The summed E-state index contributed by atoms with van der Waals surface area (Å²) in [6, 6.07) is 8.60. The first-order valence-electron chi connectivity index (χ1n) is 8.39. The van der Waals surface area contributed by atoms with Gasteiger partial charge in [-0.15, -0.1) is 0 Å². The quantitative estimate of drug-likeness (QED) is 0.712. The van der Waals surface area contributed by atoms with E-state index in [0.717, 1.165) is 37.4 Å². The second-order valence-corrected chi connectivity index (χ2v) is 6.01. The number of rotatable bonds is 10. The van der Waals surface area contributed by atoms with E-state index in [1.54, 1.807) is 0 Å². The van der Waals surface area contributed by atoms with Crippen molar-refractivity contribution in [3.05, 3.63) is 29.8 Å². The van der Waals surface area contributed by atoms with Crippen LogP contribution < -0.4 is 4.74 Å². The Morgan fingerprint density at radius 1 is 1.19 bits per heavy atom. The molecule has 1 aliphatic rings. The Bertz CT molecular complexity index is 400. The molecular weight excluding hydrogens is 262 g/mol. The maximum atomic E-state index is 10.5. The van der Waals surface area contributed by atoms with Gasteiger partial charge < -0.3 is 9.84 Å². The summed E-state index contributed by atoms with van der Waals surface area (Å²) < 4.78 is 5.58. The highest BCUT2D eigenvalue weighted by molar-refractivity contribution is 5.28. The Morgan fingerprint density at radius 2 is 1.90 bits per heavy atom. The van der Waals surface area contributed by atoms with Crippen molar-refractivity contribution in [2.75, 3.05) is 19.7 Å². The third kappa shape index (κ3) is 5.33. The van der Waals surface area contributed by atoms with Crippen molar-refractivity contribution in [1.29, 1.82) is 0 Å². The molecule has 21 heavy (non-hydrogen) atoms. The van der Waals surface area contributed by atoms with E-state index >= 15 is 0 Å². The normalized spacial score (nSPS) is 16.2. The van der Waals surface area contributed by atoms with Crippen molar-refractivity contribution < 1.29 is 9.84 Å². The summed E-state index contributed by atoms with van der Waals surface area (Å²) in [4.78, 5) is 2.45. The molecule has 2 rings (SSSR count). The average Bonchev–Trinajstić information content (AvgIpc) is 3.34.